The van der Waals surface area contributed by atoms with E-state index in [0.29, 0.717) is 6.54 Å². The molecular formula is C13H12F2N2OS. The van der Waals surface area contributed by atoms with E-state index in [0.717, 1.165) is 6.07 Å². The standard InChI is InChI=1S/C13H12F2N2OS/c1-2-17-11(19)8-10(16-12(17)18)13(14,15)9-6-4-3-5-7-9/h3-8H,2H2,1H3,(H,16,18). The van der Waals surface area contributed by atoms with E-state index in [1.807, 2.05) is 0 Å². The molecule has 0 unspecified atom stereocenters. The number of halogens is 2. The molecule has 0 atom stereocenters. The smallest absolute Gasteiger partial charge is 0.305 e. The third-order valence-corrected chi connectivity index (χ3v) is 3.15. The highest BCUT2D eigenvalue weighted by Gasteiger charge is 2.35. The zero-order valence-electron chi connectivity index (χ0n) is 10.2. The Morgan fingerprint density at radius 3 is 2.47 bits per heavy atom. The second kappa shape index (κ2) is 5.05. The second-order valence-electron chi connectivity index (χ2n) is 4.01. The minimum atomic E-state index is -3.28. The van der Waals surface area contributed by atoms with Crippen molar-refractivity contribution in [3.8, 4) is 0 Å². The van der Waals surface area contributed by atoms with Crippen molar-refractivity contribution in [1.29, 1.82) is 0 Å². The largest absolute Gasteiger partial charge is 0.326 e. The maximum atomic E-state index is 14.3. The summed E-state index contributed by atoms with van der Waals surface area (Å²) in [5.41, 5.74) is -1.30. The fourth-order valence-corrected chi connectivity index (χ4v) is 2.12. The molecule has 6 heteroatoms. The van der Waals surface area contributed by atoms with E-state index in [2.05, 4.69) is 4.98 Å². The molecule has 2 rings (SSSR count). The summed E-state index contributed by atoms with van der Waals surface area (Å²) in [5.74, 6) is -3.28. The predicted octanol–water partition coefficient (Wildman–Crippen LogP) is 3.07. The molecule has 0 radical (unpaired) electrons. The highest BCUT2D eigenvalue weighted by molar-refractivity contribution is 7.71. The monoisotopic (exact) mass is 282 g/mol. The van der Waals surface area contributed by atoms with Crippen LogP contribution in [0.5, 0.6) is 0 Å². The van der Waals surface area contributed by atoms with Crippen LogP contribution in [0, 0.1) is 4.64 Å². The third-order valence-electron chi connectivity index (χ3n) is 2.81. The van der Waals surface area contributed by atoms with Crippen LogP contribution >= 0.6 is 12.2 Å². The molecule has 0 aliphatic rings. The molecule has 0 saturated carbocycles. The van der Waals surface area contributed by atoms with Crippen molar-refractivity contribution in [2.75, 3.05) is 0 Å². The van der Waals surface area contributed by atoms with Crippen molar-refractivity contribution in [1.82, 2.24) is 9.55 Å². The highest BCUT2D eigenvalue weighted by atomic mass is 32.1. The number of hydrogen-bond acceptors (Lipinski definition) is 2. The molecule has 100 valence electrons. The van der Waals surface area contributed by atoms with E-state index < -0.39 is 17.3 Å². The number of benzene rings is 1. The Bertz CT molecular complexity index is 661. The van der Waals surface area contributed by atoms with Gasteiger partial charge in [0.05, 0.1) is 5.69 Å². The Morgan fingerprint density at radius 2 is 1.95 bits per heavy atom. The number of alkyl halides is 2. The summed E-state index contributed by atoms with van der Waals surface area (Å²) < 4.78 is 29.8. The number of hydrogen-bond donors (Lipinski definition) is 1. The Kier molecular flexibility index (Phi) is 3.61. The molecule has 2 aromatic rings. The van der Waals surface area contributed by atoms with E-state index in [-0.39, 0.29) is 10.2 Å². The fourth-order valence-electron chi connectivity index (χ4n) is 1.79. The lowest BCUT2D eigenvalue weighted by Gasteiger charge is -2.17. The summed E-state index contributed by atoms with van der Waals surface area (Å²) in [7, 11) is 0. The molecular weight excluding hydrogens is 270 g/mol. The summed E-state index contributed by atoms with van der Waals surface area (Å²) in [6.45, 7) is 2.06. The quantitative estimate of drug-likeness (QED) is 0.879. The number of H-pyrrole nitrogens is 1. The number of nitrogens with one attached hydrogen (secondary N) is 1. The van der Waals surface area contributed by atoms with Gasteiger partial charge >= 0.3 is 11.6 Å². The van der Waals surface area contributed by atoms with E-state index in [4.69, 9.17) is 12.2 Å². The lowest BCUT2D eigenvalue weighted by molar-refractivity contribution is 0.0373. The fraction of sp³-hybridized carbons (Fsp3) is 0.231. The lowest BCUT2D eigenvalue weighted by Crippen LogP contribution is -2.28. The number of aromatic nitrogens is 2. The van der Waals surface area contributed by atoms with Crippen LogP contribution in [-0.2, 0) is 12.5 Å². The third kappa shape index (κ3) is 2.49. The molecule has 1 heterocycles. The van der Waals surface area contributed by atoms with Crippen molar-refractivity contribution in [2.45, 2.75) is 19.4 Å². The number of aromatic amines is 1. The van der Waals surface area contributed by atoms with Gasteiger partial charge in [0.15, 0.2) is 0 Å². The first-order chi connectivity index (χ1) is 8.96. The van der Waals surface area contributed by atoms with Gasteiger partial charge in [-0.2, -0.15) is 8.78 Å². The van der Waals surface area contributed by atoms with Gasteiger partial charge in [0, 0.05) is 12.1 Å². The Morgan fingerprint density at radius 1 is 1.32 bits per heavy atom. The second-order valence-corrected chi connectivity index (χ2v) is 4.43. The predicted molar refractivity (Wildman–Crippen MR) is 71.0 cm³/mol. The van der Waals surface area contributed by atoms with Crippen LogP contribution in [0.2, 0.25) is 0 Å². The molecule has 0 amide bonds. The van der Waals surface area contributed by atoms with Gasteiger partial charge in [-0.15, -0.1) is 0 Å². The SMILES string of the molecule is CCn1c(=S)cc(C(F)(F)c2ccccc2)[nH]c1=O. The van der Waals surface area contributed by atoms with Crippen LogP contribution in [0.4, 0.5) is 8.78 Å². The summed E-state index contributed by atoms with van der Waals surface area (Å²) >= 11 is 4.95. The van der Waals surface area contributed by atoms with E-state index >= 15 is 0 Å². The molecule has 3 nitrogen and oxygen atoms in total. The van der Waals surface area contributed by atoms with E-state index in [9.17, 15) is 13.6 Å². The molecule has 0 saturated heterocycles. The van der Waals surface area contributed by atoms with Crippen molar-refractivity contribution < 1.29 is 8.78 Å². The van der Waals surface area contributed by atoms with Gasteiger partial charge in [0.1, 0.15) is 4.64 Å². The van der Waals surface area contributed by atoms with Gasteiger partial charge in [-0.1, -0.05) is 42.5 Å². The molecule has 0 fully saturated rings. The van der Waals surface area contributed by atoms with E-state index in [1.165, 1.54) is 28.8 Å². The first-order valence-electron chi connectivity index (χ1n) is 5.74. The Hall–Kier alpha value is -1.82. The zero-order valence-corrected chi connectivity index (χ0v) is 11.0. The molecule has 0 aliphatic heterocycles. The maximum absolute atomic E-state index is 14.3. The van der Waals surface area contributed by atoms with Crippen LogP contribution in [0.15, 0.2) is 41.2 Å². The molecule has 1 aromatic carbocycles. The number of nitrogens with zero attached hydrogens (tertiary/aromatic N) is 1. The van der Waals surface area contributed by atoms with Gasteiger partial charge in [-0.3, -0.25) is 4.57 Å². The topological polar surface area (TPSA) is 37.8 Å². The zero-order chi connectivity index (χ0) is 14.0. The average Bonchev–Trinajstić information content (AvgIpc) is 2.39. The van der Waals surface area contributed by atoms with Crippen molar-refractivity contribution in [2.24, 2.45) is 0 Å². The van der Waals surface area contributed by atoms with Crippen LogP contribution in [0.25, 0.3) is 0 Å². The van der Waals surface area contributed by atoms with Gasteiger partial charge in [0.2, 0.25) is 0 Å². The van der Waals surface area contributed by atoms with Crippen molar-refractivity contribution in [3.63, 3.8) is 0 Å². The molecule has 0 spiro atoms. The highest BCUT2D eigenvalue weighted by Crippen LogP contribution is 2.33. The minimum Gasteiger partial charge on any atom is -0.305 e. The molecule has 19 heavy (non-hydrogen) atoms. The molecule has 1 aromatic heterocycles. The maximum Gasteiger partial charge on any atom is 0.326 e. The normalized spacial score (nSPS) is 11.5. The first-order valence-corrected chi connectivity index (χ1v) is 6.15. The van der Waals surface area contributed by atoms with Gasteiger partial charge in [0.25, 0.3) is 0 Å². The molecule has 0 bridgehead atoms. The van der Waals surface area contributed by atoms with Crippen LogP contribution in [-0.4, -0.2) is 9.55 Å². The van der Waals surface area contributed by atoms with Crippen LogP contribution < -0.4 is 5.69 Å². The van der Waals surface area contributed by atoms with E-state index in [1.54, 1.807) is 13.0 Å². The average molecular weight is 282 g/mol. The van der Waals surface area contributed by atoms with Gasteiger partial charge in [-0.25, -0.2) is 4.79 Å². The minimum absolute atomic E-state index is 0.0943. The molecule has 1 N–H and O–H groups in total. The summed E-state index contributed by atoms with van der Waals surface area (Å²) in [6.07, 6.45) is 0. The van der Waals surface area contributed by atoms with Crippen molar-refractivity contribution >= 4 is 12.2 Å². The summed E-state index contributed by atoms with van der Waals surface area (Å²) in [6, 6.07) is 8.44. The van der Waals surface area contributed by atoms with Gasteiger partial charge in [-0.05, 0) is 13.0 Å². The van der Waals surface area contributed by atoms with Crippen LogP contribution in [0.1, 0.15) is 18.2 Å². The summed E-state index contributed by atoms with van der Waals surface area (Å²) in [5, 5.41) is 0. The summed E-state index contributed by atoms with van der Waals surface area (Å²) in [4.78, 5) is 13.9. The Labute approximate surface area is 113 Å². The first kappa shape index (κ1) is 13.6. The molecule has 0 aliphatic carbocycles. The Balaban J connectivity index is 2.60. The van der Waals surface area contributed by atoms with Crippen molar-refractivity contribution in [3.05, 3.63) is 62.8 Å². The lowest BCUT2D eigenvalue weighted by atomic mass is 10.1. The van der Waals surface area contributed by atoms with Crippen LogP contribution in [0.3, 0.4) is 0 Å². The number of rotatable bonds is 3. The van der Waals surface area contributed by atoms with Gasteiger partial charge < -0.3 is 4.98 Å².